The van der Waals surface area contributed by atoms with Gasteiger partial charge in [-0.05, 0) is 29.8 Å². The SMILES string of the molecule is COc1c2c(c(O)c3ncccc13)C(C=O)N(Cc1ccc(F)cc1)C2OC. The van der Waals surface area contributed by atoms with E-state index in [1.807, 2.05) is 0 Å². The van der Waals surface area contributed by atoms with Gasteiger partial charge in [0.05, 0.1) is 13.2 Å². The highest BCUT2D eigenvalue weighted by atomic mass is 19.1. The third-order valence-electron chi connectivity index (χ3n) is 5.10. The summed E-state index contributed by atoms with van der Waals surface area (Å²) in [6.07, 6.45) is 1.71. The molecular formula is C21H19FN2O4. The third kappa shape index (κ3) is 2.71. The van der Waals surface area contributed by atoms with Crippen LogP contribution in [0.4, 0.5) is 4.39 Å². The number of nitrogens with zero attached hydrogens (tertiary/aromatic N) is 2. The van der Waals surface area contributed by atoms with Gasteiger partial charge in [0.15, 0.2) is 0 Å². The van der Waals surface area contributed by atoms with Gasteiger partial charge in [0.2, 0.25) is 0 Å². The molecule has 0 amide bonds. The van der Waals surface area contributed by atoms with Crippen molar-refractivity contribution in [3.8, 4) is 11.5 Å². The Morgan fingerprint density at radius 2 is 1.96 bits per heavy atom. The zero-order chi connectivity index (χ0) is 19.8. The first kappa shape index (κ1) is 18.3. The Labute approximate surface area is 161 Å². The summed E-state index contributed by atoms with van der Waals surface area (Å²) < 4.78 is 24.6. The van der Waals surface area contributed by atoms with Crippen LogP contribution >= 0.6 is 0 Å². The number of halogens is 1. The molecule has 2 aromatic carbocycles. The zero-order valence-electron chi connectivity index (χ0n) is 15.4. The van der Waals surface area contributed by atoms with Crippen molar-refractivity contribution in [3.63, 3.8) is 0 Å². The van der Waals surface area contributed by atoms with Gasteiger partial charge in [0.25, 0.3) is 0 Å². The maximum absolute atomic E-state index is 13.3. The summed E-state index contributed by atoms with van der Waals surface area (Å²) in [6, 6.07) is 8.83. The van der Waals surface area contributed by atoms with Gasteiger partial charge >= 0.3 is 0 Å². The number of aromatic nitrogens is 1. The first-order valence-corrected chi connectivity index (χ1v) is 8.76. The minimum absolute atomic E-state index is 0.0628. The molecular weight excluding hydrogens is 363 g/mol. The van der Waals surface area contributed by atoms with Crippen molar-refractivity contribution in [1.29, 1.82) is 0 Å². The molecule has 2 atom stereocenters. The van der Waals surface area contributed by atoms with Crippen LogP contribution in [0.5, 0.6) is 11.5 Å². The second kappa shape index (κ2) is 7.18. The Hall–Kier alpha value is -3.03. The van der Waals surface area contributed by atoms with Crippen LogP contribution in [0.2, 0.25) is 0 Å². The molecule has 28 heavy (non-hydrogen) atoms. The van der Waals surface area contributed by atoms with Crippen molar-refractivity contribution in [3.05, 3.63) is 65.1 Å². The molecule has 1 aromatic heterocycles. The molecule has 1 N–H and O–H groups in total. The van der Waals surface area contributed by atoms with Gasteiger partial charge in [-0.2, -0.15) is 0 Å². The Balaban J connectivity index is 1.91. The van der Waals surface area contributed by atoms with Crippen LogP contribution in [0.15, 0.2) is 42.6 Å². The third-order valence-corrected chi connectivity index (χ3v) is 5.10. The summed E-state index contributed by atoms with van der Waals surface area (Å²) in [5.41, 5.74) is 2.20. The largest absolute Gasteiger partial charge is 0.505 e. The van der Waals surface area contributed by atoms with Gasteiger partial charge in [-0.25, -0.2) is 4.39 Å². The minimum Gasteiger partial charge on any atom is -0.505 e. The fraction of sp³-hybridized carbons (Fsp3) is 0.238. The van der Waals surface area contributed by atoms with Crippen molar-refractivity contribution in [2.45, 2.75) is 18.8 Å². The van der Waals surface area contributed by atoms with Crippen molar-refractivity contribution < 1.29 is 23.8 Å². The average molecular weight is 382 g/mol. The fourth-order valence-corrected chi connectivity index (χ4v) is 3.92. The Bertz CT molecular complexity index is 1040. The van der Waals surface area contributed by atoms with Crippen LogP contribution < -0.4 is 4.74 Å². The number of hydrogen-bond acceptors (Lipinski definition) is 6. The molecule has 0 saturated carbocycles. The van der Waals surface area contributed by atoms with Gasteiger partial charge in [0.1, 0.15) is 35.3 Å². The molecule has 2 unspecified atom stereocenters. The number of carbonyl (C=O) groups is 1. The highest BCUT2D eigenvalue weighted by molar-refractivity contribution is 5.94. The zero-order valence-corrected chi connectivity index (χ0v) is 15.4. The summed E-state index contributed by atoms with van der Waals surface area (Å²) in [6.45, 7) is 0.323. The van der Waals surface area contributed by atoms with E-state index >= 15 is 0 Å². The van der Waals surface area contributed by atoms with E-state index in [0.29, 0.717) is 34.3 Å². The van der Waals surface area contributed by atoms with Crippen LogP contribution in [-0.4, -0.2) is 35.5 Å². The number of phenols is 1. The molecule has 0 bridgehead atoms. The maximum atomic E-state index is 13.3. The number of methoxy groups -OCH3 is 2. The van der Waals surface area contributed by atoms with Crippen LogP contribution in [-0.2, 0) is 16.1 Å². The lowest BCUT2D eigenvalue weighted by Crippen LogP contribution is -2.28. The first-order valence-electron chi connectivity index (χ1n) is 8.76. The number of fused-ring (bicyclic) bond motifs is 2. The second-order valence-corrected chi connectivity index (χ2v) is 6.58. The van der Waals surface area contributed by atoms with Crippen LogP contribution in [0.25, 0.3) is 10.9 Å². The number of pyridine rings is 1. The molecule has 0 radical (unpaired) electrons. The van der Waals surface area contributed by atoms with Crippen molar-refractivity contribution in [2.24, 2.45) is 0 Å². The molecule has 0 aliphatic carbocycles. The molecule has 3 aromatic rings. The Morgan fingerprint density at radius 1 is 1.21 bits per heavy atom. The molecule has 1 aliphatic rings. The quantitative estimate of drug-likeness (QED) is 0.681. The predicted octanol–water partition coefficient (Wildman–Crippen LogP) is 3.49. The smallest absolute Gasteiger partial charge is 0.147 e. The second-order valence-electron chi connectivity index (χ2n) is 6.58. The first-order chi connectivity index (χ1) is 13.6. The van der Waals surface area contributed by atoms with E-state index in [4.69, 9.17) is 9.47 Å². The summed E-state index contributed by atoms with van der Waals surface area (Å²) in [7, 11) is 3.06. The Kier molecular flexibility index (Phi) is 4.70. The normalized spacial score (nSPS) is 19.0. The van der Waals surface area contributed by atoms with Gasteiger partial charge in [-0.15, -0.1) is 0 Å². The maximum Gasteiger partial charge on any atom is 0.147 e. The van der Waals surface area contributed by atoms with E-state index in [9.17, 15) is 14.3 Å². The Morgan fingerprint density at radius 3 is 2.61 bits per heavy atom. The lowest BCUT2D eigenvalue weighted by Gasteiger charge is -2.27. The summed E-state index contributed by atoms with van der Waals surface area (Å²) in [4.78, 5) is 18.1. The van der Waals surface area contributed by atoms with E-state index in [2.05, 4.69) is 4.98 Å². The lowest BCUT2D eigenvalue weighted by molar-refractivity contribution is -0.118. The van der Waals surface area contributed by atoms with Crippen molar-refractivity contribution in [2.75, 3.05) is 14.2 Å². The van der Waals surface area contributed by atoms with Crippen molar-refractivity contribution >= 4 is 17.2 Å². The number of rotatable bonds is 5. The van der Waals surface area contributed by atoms with Gasteiger partial charge in [-0.1, -0.05) is 12.1 Å². The fourth-order valence-electron chi connectivity index (χ4n) is 3.92. The van der Waals surface area contributed by atoms with E-state index in [0.717, 1.165) is 11.8 Å². The van der Waals surface area contributed by atoms with Crippen molar-refractivity contribution in [1.82, 2.24) is 9.88 Å². The number of carbonyl (C=O) groups excluding carboxylic acids is 1. The highest BCUT2D eigenvalue weighted by Crippen LogP contribution is 2.53. The lowest BCUT2D eigenvalue weighted by atomic mass is 9.98. The van der Waals surface area contributed by atoms with E-state index in [1.165, 1.54) is 26.4 Å². The van der Waals surface area contributed by atoms with E-state index in [1.54, 1.807) is 35.4 Å². The molecule has 0 fully saturated rings. The summed E-state index contributed by atoms with van der Waals surface area (Å²) >= 11 is 0. The number of benzene rings is 2. The molecule has 1 aliphatic heterocycles. The molecule has 6 nitrogen and oxygen atoms in total. The standard InChI is InChI=1S/C21H19FN2O4/c1-27-20-14-4-3-9-23-18(14)19(26)16-15(11-25)24(21(28-2)17(16)20)10-12-5-7-13(22)8-6-12/h3-9,11,15,21,26H,10H2,1-2H3. The molecule has 144 valence electrons. The minimum atomic E-state index is -0.759. The number of aromatic hydroxyl groups is 1. The number of aldehydes is 1. The number of ether oxygens (including phenoxy) is 2. The monoisotopic (exact) mass is 382 g/mol. The van der Waals surface area contributed by atoms with Crippen LogP contribution in [0, 0.1) is 5.82 Å². The molecule has 0 saturated heterocycles. The van der Waals surface area contributed by atoms with Gasteiger partial charge in [-0.3, -0.25) is 9.88 Å². The average Bonchev–Trinajstić information content (AvgIpc) is 3.03. The topological polar surface area (TPSA) is 71.9 Å². The van der Waals surface area contributed by atoms with Gasteiger partial charge in [0, 0.05) is 36.4 Å². The molecule has 7 heteroatoms. The molecule has 0 spiro atoms. The van der Waals surface area contributed by atoms with E-state index < -0.39 is 12.3 Å². The van der Waals surface area contributed by atoms with Crippen LogP contribution in [0.3, 0.4) is 0 Å². The van der Waals surface area contributed by atoms with E-state index in [-0.39, 0.29) is 11.6 Å². The summed E-state index contributed by atoms with van der Waals surface area (Å²) in [5.74, 6) is 0.115. The number of phenolic OH excluding ortho intramolecular Hbond substituents is 1. The van der Waals surface area contributed by atoms with Gasteiger partial charge < -0.3 is 19.4 Å². The number of hydrogen-bond donors (Lipinski definition) is 1. The predicted molar refractivity (Wildman–Crippen MR) is 100 cm³/mol. The molecule has 2 heterocycles. The van der Waals surface area contributed by atoms with Crippen LogP contribution in [0.1, 0.15) is 29.0 Å². The highest BCUT2D eigenvalue weighted by Gasteiger charge is 2.44. The molecule has 4 rings (SSSR count). The summed E-state index contributed by atoms with van der Waals surface area (Å²) in [5, 5.41) is 11.6.